The maximum atomic E-state index is 11.1. The maximum Gasteiger partial charge on any atom is 0.308 e. The van der Waals surface area contributed by atoms with Gasteiger partial charge in [0.1, 0.15) is 5.82 Å². The van der Waals surface area contributed by atoms with Gasteiger partial charge >= 0.3 is 5.97 Å². The minimum atomic E-state index is -0.744. The Bertz CT molecular complexity index is 844. The van der Waals surface area contributed by atoms with E-state index in [2.05, 4.69) is 19.9 Å². The van der Waals surface area contributed by atoms with E-state index in [-0.39, 0.29) is 5.92 Å². The highest BCUT2D eigenvalue weighted by Crippen LogP contribution is 2.32. The monoisotopic (exact) mass is 283 g/mol. The van der Waals surface area contributed by atoms with E-state index in [1.807, 2.05) is 11.0 Å². The van der Waals surface area contributed by atoms with E-state index >= 15 is 0 Å². The Morgan fingerprint density at radius 1 is 1.38 bits per heavy atom. The third-order valence-corrected chi connectivity index (χ3v) is 4.00. The van der Waals surface area contributed by atoms with Crippen molar-refractivity contribution in [1.82, 2.24) is 19.9 Å². The third kappa shape index (κ3) is 1.81. The number of aliphatic carboxylic acids is 1. The molecule has 7 nitrogen and oxygen atoms in total. The fraction of sp³-hybridized carbons (Fsp3) is 0.286. The van der Waals surface area contributed by atoms with Crippen LogP contribution in [0.1, 0.15) is 6.42 Å². The van der Waals surface area contributed by atoms with E-state index in [1.165, 1.54) is 0 Å². The van der Waals surface area contributed by atoms with Gasteiger partial charge in [-0.25, -0.2) is 15.0 Å². The number of carbonyl (C=O) groups is 1. The van der Waals surface area contributed by atoms with Crippen molar-refractivity contribution in [3.8, 4) is 0 Å². The van der Waals surface area contributed by atoms with E-state index in [0.29, 0.717) is 25.2 Å². The predicted molar refractivity (Wildman–Crippen MR) is 77.1 cm³/mol. The van der Waals surface area contributed by atoms with Crippen LogP contribution in [0.15, 0.2) is 24.8 Å². The molecule has 106 valence electrons. The summed E-state index contributed by atoms with van der Waals surface area (Å²) in [5.74, 6) is -0.278. The Kier molecular flexibility index (Phi) is 2.53. The van der Waals surface area contributed by atoms with Crippen LogP contribution in [0.4, 0.5) is 5.82 Å². The highest BCUT2D eigenvalue weighted by molar-refractivity contribution is 6.08. The zero-order valence-electron chi connectivity index (χ0n) is 11.2. The number of hydrogen-bond donors (Lipinski definition) is 2. The van der Waals surface area contributed by atoms with Gasteiger partial charge in [0.15, 0.2) is 5.65 Å². The topological polar surface area (TPSA) is 95.0 Å². The molecule has 0 aromatic carbocycles. The zero-order chi connectivity index (χ0) is 14.4. The summed E-state index contributed by atoms with van der Waals surface area (Å²) in [5.41, 5.74) is 1.55. The molecule has 1 aliphatic heterocycles. The first kappa shape index (κ1) is 12.1. The summed E-state index contributed by atoms with van der Waals surface area (Å²) >= 11 is 0. The summed E-state index contributed by atoms with van der Waals surface area (Å²) in [5, 5.41) is 11.0. The number of fused-ring (bicyclic) bond motifs is 3. The summed E-state index contributed by atoms with van der Waals surface area (Å²) in [6, 6.07) is 1.91. The van der Waals surface area contributed by atoms with Crippen LogP contribution >= 0.6 is 0 Å². The van der Waals surface area contributed by atoms with Crippen molar-refractivity contribution < 1.29 is 9.90 Å². The van der Waals surface area contributed by atoms with Crippen molar-refractivity contribution in [3.63, 3.8) is 0 Å². The molecule has 2 N–H and O–H groups in total. The first-order valence-corrected chi connectivity index (χ1v) is 6.78. The second-order valence-electron chi connectivity index (χ2n) is 5.22. The van der Waals surface area contributed by atoms with Gasteiger partial charge in [-0.05, 0) is 12.5 Å². The average molecular weight is 283 g/mol. The third-order valence-electron chi connectivity index (χ3n) is 4.00. The summed E-state index contributed by atoms with van der Waals surface area (Å²) in [4.78, 5) is 29.2. The van der Waals surface area contributed by atoms with Crippen molar-refractivity contribution in [3.05, 3.63) is 24.8 Å². The van der Waals surface area contributed by atoms with Crippen LogP contribution < -0.4 is 4.90 Å². The number of anilines is 1. The van der Waals surface area contributed by atoms with Crippen LogP contribution in [0, 0.1) is 5.92 Å². The molecule has 1 unspecified atom stereocenters. The molecule has 21 heavy (non-hydrogen) atoms. The summed E-state index contributed by atoms with van der Waals surface area (Å²) in [6.45, 7) is 1.18. The van der Waals surface area contributed by atoms with E-state index in [0.717, 1.165) is 22.1 Å². The lowest BCUT2D eigenvalue weighted by atomic mass is 10.1. The van der Waals surface area contributed by atoms with Gasteiger partial charge in [0.25, 0.3) is 0 Å². The number of pyridine rings is 1. The van der Waals surface area contributed by atoms with Gasteiger partial charge in [0, 0.05) is 24.7 Å². The lowest BCUT2D eigenvalue weighted by Gasteiger charge is -2.19. The smallest absolute Gasteiger partial charge is 0.308 e. The molecular formula is C14H13N5O2. The Balaban J connectivity index is 1.89. The van der Waals surface area contributed by atoms with E-state index in [1.54, 1.807) is 18.7 Å². The number of carboxylic acid groups (broad SMARTS) is 1. The molecule has 4 rings (SSSR count). The number of rotatable bonds is 2. The quantitative estimate of drug-likeness (QED) is 0.738. The molecule has 0 amide bonds. The van der Waals surface area contributed by atoms with Crippen LogP contribution in [0.3, 0.4) is 0 Å². The van der Waals surface area contributed by atoms with Gasteiger partial charge in [-0.1, -0.05) is 0 Å². The fourth-order valence-corrected chi connectivity index (χ4v) is 2.93. The number of aromatic nitrogens is 4. The molecule has 0 saturated carbocycles. The van der Waals surface area contributed by atoms with Crippen molar-refractivity contribution in [2.45, 2.75) is 6.42 Å². The number of nitrogens with zero attached hydrogens (tertiary/aromatic N) is 4. The molecule has 1 saturated heterocycles. The largest absolute Gasteiger partial charge is 0.481 e. The van der Waals surface area contributed by atoms with Crippen LogP contribution in [-0.4, -0.2) is 44.1 Å². The molecule has 0 spiro atoms. The van der Waals surface area contributed by atoms with Crippen molar-refractivity contribution in [1.29, 1.82) is 0 Å². The predicted octanol–water partition coefficient (Wildman–Crippen LogP) is 1.42. The first-order chi connectivity index (χ1) is 10.2. The number of aromatic amines is 1. The minimum Gasteiger partial charge on any atom is -0.481 e. The first-order valence-electron chi connectivity index (χ1n) is 6.78. The van der Waals surface area contributed by atoms with E-state index < -0.39 is 5.97 Å². The molecule has 7 heteroatoms. The summed E-state index contributed by atoms with van der Waals surface area (Å²) in [7, 11) is 0. The number of carboxylic acids is 1. The van der Waals surface area contributed by atoms with E-state index in [4.69, 9.17) is 5.11 Å². The van der Waals surface area contributed by atoms with Gasteiger partial charge in [-0.3, -0.25) is 4.79 Å². The Hall–Kier alpha value is -2.70. The SMILES string of the molecule is O=C(O)C1CCN(c2nc[nH]c3cnc4nccc4c23)C1. The lowest BCUT2D eigenvalue weighted by molar-refractivity contribution is -0.140. The maximum absolute atomic E-state index is 11.1. The molecule has 1 fully saturated rings. The molecule has 1 aliphatic rings. The normalized spacial score (nSPS) is 18.7. The minimum absolute atomic E-state index is 0.332. The van der Waals surface area contributed by atoms with Gasteiger partial charge in [0.05, 0.1) is 29.3 Å². The molecular weight excluding hydrogens is 270 g/mol. The zero-order valence-corrected chi connectivity index (χ0v) is 11.2. The molecule has 0 aliphatic carbocycles. The van der Waals surface area contributed by atoms with Crippen molar-refractivity contribution in [2.24, 2.45) is 5.92 Å². The fourth-order valence-electron chi connectivity index (χ4n) is 2.93. The van der Waals surface area contributed by atoms with E-state index in [9.17, 15) is 4.79 Å². The standard InChI is InChI=1S/C14H13N5O2/c20-14(21)8-2-4-19(6-8)13-11-9-1-3-15-12(9)16-5-10(11)17-7-18-13/h1,3,5,7-8H,2,4,6H2,(H,17,18)(H,20,21). The van der Waals surface area contributed by atoms with Crippen molar-refractivity contribution in [2.75, 3.05) is 18.0 Å². The van der Waals surface area contributed by atoms with Crippen LogP contribution in [-0.2, 0) is 4.79 Å². The Labute approximate surface area is 119 Å². The lowest BCUT2D eigenvalue weighted by Crippen LogP contribution is -2.23. The summed E-state index contributed by atoms with van der Waals surface area (Å²) in [6.07, 6.45) is 5.72. The number of nitrogens with one attached hydrogen (secondary N) is 1. The van der Waals surface area contributed by atoms with Crippen LogP contribution in [0.2, 0.25) is 0 Å². The second kappa shape index (κ2) is 4.41. The highest BCUT2D eigenvalue weighted by atomic mass is 16.4. The second-order valence-corrected chi connectivity index (χ2v) is 5.22. The molecule has 1 atom stereocenters. The molecule has 3 aromatic rings. The van der Waals surface area contributed by atoms with Crippen LogP contribution in [0.25, 0.3) is 21.9 Å². The van der Waals surface area contributed by atoms with Crippen LogP contribution in [0.5, 0.6) is 0 Å². The van der Waals surface area contributed by atoms with Crippen molar-refractivity contribution >= 4 is 33.7 Å². The number of H-pyrrole nitrogens is 1. The molecule has 0 radical (unpaired) electrons. The molecule has 0 bridgehead atoms. The highest BCUT2D eigenvalue weighted by Gasteiger charge is 2.30. The number of hydrogen-bond acceptors (Lipinski definition) is 5. The van der Waals surface area contributed by atoms with Gasteiger partial charge in [-0.15, -0.1) is 0 Å². The van der Waals surface area contributed by atoms with Gasteiger partial charge in [0.2, 0.25) is 0 Å². The molecule has 3 aromatic heterocycles. The van der Waals surface area contributed by atoms with Gasteiger partial charge < -0.3 is 15.0 Å². The Morgan fingerprint density at radius 2 is 2.29 bits per heavy atom. The summed E-state index contributed by atoms with van der Waals surface area (Å²) < 4.78 is 0. The average Bonchev–Trinajstić information content (AvgIpc) is 3.15. The van der Waals surface area contributed by atoms with Gasteiger partial charge in [-0.2, -0.15) is 0 Å². The Morgan fingerprint density at radius 3 is 3.10 bits per heavy atom. The molecule has 4 heterocycles.